The highest BCUT2D eigenvalue weighted by Gasteiger charge is 2.32. The highest BCUT2D eigenvalue weighted by molar-refractivity contribution is 5.14. The van der Waals surface area contributed by atoms with Crippen LogP contribution in [0.3, 0.4) is 0 Å². The minimum absolute atomic E-state index is 0.203. The van der Waals surface area contributed by atoms with Gasteiger partial charge in [0.05, 0.1) is 25.9 Å². The van der Waals surface area contributed by atoms with Gasteiger partial charge >= 0.3 is 0 Å². The Kier molecular flexibility index (Phi) is 4.17. The summed E-state index contributed by atoms with van der Waals surface area (Å²) in [5, 5.41) is 0. The number of allylic oxidation sites excluding steroid dienone is 1. The van der Waals surface area contributed by atoms with Crippen molar-refractivity contribution in [1.29, 1.82) is 0 Å². The van der Waals surface area contributed by atoms with E-state index in [2.05, 4.69) is 35.2 Å². The number of piperidine rings is 3. The number of ether oxygens (including phenoxy) is 2. The second kappa shape index (κ2) is 6.43. The number of nitrogens with zero attached hydrogens (tertiary/aromatic N) is 1. The molecule has 4 aliphatic heterocycles. The summed E-state index contributed by atoms with van der Waals surface area (Å²) in [5.41, 5.74) is 2.78. The van der Waals surface area contributed by atoms with E-state index in [1.807, 2.05) is 6.07 Å². The van der Waals surface area contributed by atoms with Gasteiger partial charge in [0.15, 0.2) is 0 Å². The van der Waals surface area contributed by atoms with Gasteiger partial charge in [-0.15, -0.1) is 0 Å². The second-order valence-electron chi connectivity index (χ2n) is 6.83. The summed E-state index contributed by atoms with van der Waals surface area (Å²) in [6, 6.07) is 10.4. The molecule has 1 aromatic carbocycles. The molecule has 2 unspecified atom stereocenters. The summed E-state index contributed by atoms with van der Waals surface area (Å²) in [4.78, 5) is 2.58. The third kappa shape index (κ3) is 3.06. The normalized spacial score (nSPS) is 30.4. The van der Waals surface area contributed by atoms with Gasteiger partial charge in [0.2, 0.25) is 0 Å². The molecule has 4 fully saturated rings. The molecule has 118 valence electrons. The topological polar surface area (TPSA) is 21.7 Å². The molecule has 0 aliphatic carbocycles. The van der Waals surface area contributed by atoms with Crippen molar-refractivity contribution in [1.82, 2.24) is 4.90 Å². The summed E-state index contributed by atoms with van der Waals surface area (Å²) in [6.07, 6.45) is 6.68. The van der Waals surface area contributed by atoms with Gasteiger partial charge in [-0.1, -0.05) is 36.4 Å². The molecule has 4 heterocycles. The lowest BCUT2D eigenvalue weighted by Crippen LogP contribution is -2.40. The third-order valence-electron chi connectivity index (χ3n) is 5.30. The van der Waals surface area contributed by atoms with Crippen LogP contribution in [0.5, 0.6) is 0 Å². The predicted octanol–water partition coefficient (Wildman–Crippen LogP) is 3.22. The minimum atomic E-state index is 0.203. The Hall–Kier alpha value is -1.32. The van der Waals surface area contributed by atoms with E-state index in [1.54, 1.807) is 5.70 Å². The Morgan fingerprint density at radius 2 is 1.95 bits per heavy atom. The first kappa shape index (κ1) is 14.3. The van der Waals surface area contributed by atoms with E-state index in [0.717, 1.165) is 19.1 Å². The zero-order chi connectivity index (χ0) is 14.8. The van der Waals surface area contributed by atoms with Crippen molar-refractivity contribution >= 4 is 0 Å². The monoisotopic (exact) mass is 299 g/mol. The molecule has 2 bridgehead atoms. The molecule has 3 heteroatoms. The van der Waals surface area contributed by atoms with Crippen LogP contribution in [0.1, 0.15) is 24.8 Å². The Balaban J connectivity index is 1.39. The average molecular weight is 299 g/mol. The molecule has 0 aromatic heterocycles. The maximum Gasteiger partial charge on any atom is 0.0898 e. The molecule has 0 radical (unpaired) electrons. The molecule has 3 nitrogen and oxygen atoms in total. The van der Waals surface area contributed by atoms with E-state index in [4.69, 9.17) is 9.47 Å². The number of hydrogen-bond acceptors (Lipinski definition) is 3. The summed E-state index contributed by atoms with van der Waals surface area (Å²) >= 11 is 0. The van der Waals surface area contributed by atoms with Crippen molar-refractivity contribution in [2.75, 3.05) is 26.3 Å². The van der Waals surface area contributed by atoms with Crippen molar-refractivity contribution in [3.05, 3.63) is 47.7 Å². The van der Waals surface area contributed by atoms with Crippen LogP contribution in [0, 0.1) is 11.8 Å². The van der Waals surface area contributed by atoms with Gasteiger partial charge in [0.1, 0.15) is 0 Å². The van der Waals surface area contributed by atoms with Crippen molar-refractivity contribution in [2.24, 2.45) is 11.8 Å². The molecule has 0 N–H and O–H groups in total. The molecule has 0 saturated carbocycles. The van der Waals surface area contributed by atoms with Crippen LogP contribution in [0.4, 0.5) is 0 Å². The zero-order valence-corrected chi connectivity index (χ0v) is 13.1. The van der Waals surface area contributed by atoms with E-state index >= 15 is 0 Å². The van der Waals surface area contributed by atoms with Crippen LogP contribution < -0.4 is 0 Å². The van der Waals surface area contributed by atoms with Crippen LogP contribution in [0.15, 0.2) is 42.1 Å². The Morgan fingerprint density at radius 1 is 1.14 bits per heavy atom. The fraction of sp³-hybridized carbons (Fsp3) is 0.579. The SMILES string of the molecule is C(=C1/CC2CCN1CC2)/C1COCC1OCc1ccccc1. The van der Waals surface area contributed by atoms with E-state index in [9.17, 15) is 0 Å². The molecule has 4 saturated heterocycles. The maximum absolute atomic E-state index is 6.14. The largest absolute Gasteiger partial charge is 0.378 e. The summed E-state index contributed by atoms with van der Waals surface area (Å²) in [7, 11) is 0. The van der Waals surface area contributed by atoms with Gasteiger partial charge in [-0.25, -0.2) is 0 Å². The lowest BCUT2D eigenvalue weighted by atomic mass is 9.85. The molecule has 0 spiro atoms. The van der Waals surface area contributed by atoms with Gasteiger partial charge in [-0.3, -0.25) is 0 Å². The molecule has 5 rings (SSSR count). The predicted molar refractivity (Wildman–Crippen MR) is 86.3 cm³/mol. The third-order valence-corrected chi connectivity index (χ3v) is 5.30. The molecule has 2 atom stereocenters. The summed E-state index contributed by atoms with van der Waals surface area (Å²) in [5.74, 6) is 1.33. The van der Waals surface area contributed by atoms with Gasteiger partial charge in [-0.2, -0.15) is 0 Å². The molecule has 4 aliphatic rings. The number of hydrogen-bond donors (Lipinski definition) is 0. The minimum Gasteiger partial charge on any atom is -0.378 e. The first-order chi connectivity index (χ1) is 10.9. The van der Waals surface area contributed by atoms with Crippen LogP contribution in [0.2, 0.25) is 0 Å². The fourth-order valence-corrected chi connectivity index (χ4v) is 3.93. The summed E-state index contributed by atoms with van der Waals surface area (Å²) < 4.78 is 11.8. The van der Waals surface area contributed by atoms with Crippen molar-refractivity contribution < 1.29 is 9.47 Å². The smallest absolute Gasteiger partial charge is 0.0898 e. The lowest BCUT2D eigenvalue weighted by molar-refractivity contribution is 0.0210. The number of fused-ring (bicyclic) bond motifs is 3. The zero-order valence-electron chi connectivity index (χ0n) is 13.1. The van der Waals surface area contributed by atoms with E-state index in [1.165, 1.54) is 37.9 Å². The Morgan fingerprint density at radius 3 is 2.68 bits per heavy atom. The molecular formula is C19H25NO2. The standard InChI is InChI=1S/C19H25NO2/c1-2-4-16(5-3-1)12-22-19-14-21-13-17(19)11-18-10-15-6-8-20(18)9-7-15/h1-5,11,15,17,19H,6-10,12-14H2/b18-11+. The van der Waals surface area contributed by atoms with Crippen LogP contribution in [-0.2, 0) is 16.1 Å². The fourth-order valence-electron chi connectivity index (χ4n) is 3.93. The van der Waals surface area contributed by atoms with Crippen molar-refractivity contribution in [3.8, 4) is 0 Å². The Bertz CT molecular complexity index is 519. The van der Waals surface area contributed by atoms with Crippen molar-refractivity contribution in [3.63, 3.8) is 0 Å². The van der Waals surface area contributed by atoms with E-state index in [0.29, 0.717) is 12.5 Å². The second-order valence-corrected chi connectivity index (χ2v) is 6.83. The van der Waals surface area contributed by atoms with Gasteiger partial charge < -0.3 is 14.4 Å². The number of rotatable bonds is 4. The molecule has 1 aromatic rings. The maximum atomic E-state index is 6.14. The summed E-state index contributed by atoms with van der Waals surface area (Å²) in [6.45, 7) is 4.71. The highest BCUT2D eigenvalue weighted by atomic mass is 16.5. The average Bonchev–Trinajstić information content (AvgIpc) is 3.02. The van der Waals surface area contributed by atoms with Crippen molar-refractivity contribution in [2.45, 2.75) is 32.0 Å². The van der Waals surface area contributed by atoms with Crippen LogP contribution in [0.25, 0.3) is 0 Å². The first-order valence-electron chi connectivity index (χ1n) is 8.57. The quantitative estimate of drug-likeness (QED) is 0.852. The molecule has 22 heavy (non-hydrogen) atoms. The van der Waals surface area contributed by atoms with E-state index in [-0.39, 0.29) is 6.10 Å². The first-order valence-corrected chi connectivity index (χ1v) is 8.57. The van der Waals surface area contributed by atoms with Crippen LogP contribution in [-0.4, -0.2) is 37.3 Å². The Labute approximate surface area is 132 Å². The van der Waals surface area contributed by atoms with Gasteiger partial charge in [0, 0.05) is 24.7 Å². The van der Waals surface area contributed by atoms with E-state index < -0.39 is 0 Å². The number of benzene rings is 1. The van der Waals surface area contributed by atoms with Gasteiger partial charge in [0.25, 0.3) is 0 Å². The van der Waals surface area contributed by atoms with Crippen LogP contribution >= 0.6 is 0 Å². The van der Waals surface area contributed by atoms with Gasteiger partial charge in [-0.05, 0) is 30.7 Å². The highest BCUT2D eigenvalue weighted by Crippen LogP contribution is 2.35. The lowest BCUT2D eigenvalue weighted by Gasteiger charge is -2.43. The molecule has 0 amide bonds. The molecular weight excluding hydrogens is 274 g/mol.